The average Bonchev–Trinajstić information content (AvgIpc) is 2.60. The van der Waals surface area contributed by atoms with Crippen LogP contribution in [0, 0.1) is 5.82 Å². The molecule has 0 amide bonds. The fourth-order valence-electron chi connectivity index (χ4n) is 2.46. The Morgan fingerprint density at radius 1 is 1.21 bits per heavy atom. The van der Waals surface area contributed by atoms with E-state index in [2.05, 4.69) is 16.9 Å². The first kappa shape index (κ1) is 16.3. The van der Waals surface area contributed by atoms with Crippen molar-refractivity contribution < 1.29 is 9.13 Å². The molecule has 0 atom stereocenters. The highest BCUT2D eigenvalue weighted by Gasteiger charge is 2.09. The number of H-pyrrole nitrogens is 1. The summed E-state index contributed by atoms with van der Waals surface area (Å²) in [5.74, 6) is -0.00384. The summed E-state index contributed by atoms with van der Waals surface area (Å²) >= 11 is 0. The van der Waals surface area contributed by atoms with Gasteiger partial charge in [-0.25, -0.2) is 9.37 Å². The number of nitrogens with one attached hydrogen (secondary N) is 1. The highest BCUT2D eigenvalue weighted by Crippen LogP contribution is 2.20. The largest absolute Gasteiger partial charge is 0.377 e. The number of fused-ring (bicyclic) bond motifs is 1. The molecule has 3 rings (SSSR count). The summed E-state index contributed by atoms with van der Waals surface area (Å²) in [6.07, 6.45) is 2.00. The van der Waals surface area contributed by atoms with Crippen LogP contribution in [0.2, 0.25) is 0 Å². The summed E-state index contributed by atoms with van der Waals surface area (Å²) in [7, 11) is 0. The maximum Gasteiger partial charge on any atom is 0.259 e. The van der Waals surface area contributed by atoms with Gasteiger partial charge >= 0.3 is 0 Å². The molecule has 0 aliphatic heterocycles. The Morgan fingerprint density at radius 3 is 2.83 bits per heavy atom. The van der Waals surface area contributed by atoms with Crippen molar-refractivity contribution in [3.8, 4) is 11.4 Å². The van der Waals surface area contributed by atoms with Crippen LogP contribution in [0.1, 0.15) is 25.3 Å². The number of nitrogens with zero attached hydrogens (tertiary/aromatic N) is 1. The molecular formula is C19H19FN2O2. The Morgan fingerprint density at radius 2 is 2.04 bits per heavy atom. The number of hydrogen-bond acceptors (Lipinski definition) is 3. The molecule has 0 unspecified atom stereocenters. The molecule has 0 bridgehead atoms. The lowest BCUT2D eigenvalue weighted by molar-refractivity contribution is 0.116. The second kappa shape index (κ2) is 7.36. The average molecular weight is 326 g/mol. The third-order valence-corrected chi connectivity index (χ3v) is 3.84. The van der Waals surface area contributed by atoms with Crippen LogP contribution in [0.5, 0.6) is 0 Å². The maximum atomic E-state index is 14.3. The van der Waals surface area contributed by atoms with Crippen molar-refractivity contribution in [1.29, 1.82) is 0 Å². The fourth-order valence-corrected chi connectivity index (χ4v) is 2.46. The first-order chi connectivity index (χ1) is 11.7. The summed E-state index contributed by atoms with van der Waals surface area (Å²) < 4.78 is 19.7. The Hall–Kier alpha value is -2.53. The van der Waals surface area contributed by atoms with E-state index in [9.17, 15) is 9.18 Å². The van der Waals surface area contributed by atoms with Gasteiger partial charge in [-0.3, -0.25) is 4.79 Å². The molecule has 0 fully saturated rings. The van der Waals surface area contributed by atoms with Crippen LogP contribution in [-0.4, -0.2) is 16.6 Å². The van der Waals surface area contributed by atoms with Crippen LogP contribution in [0.4, 0.5) is 4.39 Å². The van der Waals surface area contributed by atoms with Gasteiger partial charge in [-0.1, -0.05) is 37.6 Å². The molecule has 4 nitrogen and oxygen atoms in total. The van der Waals surface area contributed by atoms with Crippen LogP contribution in [0.15, 0.2) is 47.3 Å². The van der Waals surface area contributed by atoms with E-state index >= 15 is 0 Å². The number of para-hydroxylation sites is 1. The number of halogens is 1. The predicted octanol–water partition coefficient (Wildman–Crippen LogP) is 4.05. The molecule has 1 aromatic heterocycles. The molecule has 24 heavy (non-hydrogen) atoms. The highest BCUT2D eigenvalue weighted by atomic mass is 19.1. The summed E-state index contributed by atoms with van der Waals surface area (Å²) in [6, 6.07) is 11.9. The Kier molecular flexibility index (Phi) is 5.01. The zero-order valence-electron chi connectivity index (χ0n) is 13.5. The molecule has 0 aliphatic carbocycles. The van der Waals surface area contributed by atoms with E-state index in [0.29, 0.717) is 34.5 Å². The molecule has 0 saturated carbocycles. The summed E-state index contributed by atoms with van der Waals surface area (Å²) in [5.41, 5.74) is 1.39. The summed E-state index contributed by atoms with van der Waals surface area (Å²) in [6.45, 7) is 2.95. The van der Waals surface area contributed by atoms with E-state index in [4.69, 9.17) is 4.74 Å². The van der Waals surface area contributed by atoms with Gasteiger partial charge in [0.15, 0.2) is 0 Å². The molecule has 3 aromatic rings. The van der Waals surface area contributed by atoms with Crippen molar-refractivity contribution in [3.05, 3.63) is 64.2 Å². The number of ether oxygens (including phenoxy) is 1. The lowest BCUT2D eigenvalue weighted by Crippen LogP contribution is -2.09. The zero-order chi connectivity index (χ0) is 16.9. The monoisotopic (exact) mass is 326 g/mol. The Balaban J connectivity index is 1.87. The molecule has 0 spiro atoms. The Labute approximate surface area is 139 Å². The van der Waals surface area contributed by atoms with E-state index in [1.54, 1.807) is 30.3 Å². The lowest BCUT2D eigenvalue weighted by atomic mass is 10.1. The fraction of sp³-hybridized carbons (Fsp3) is 0.263. The number of aromatic nitrogens is 2. The molecular weight excluding hydrogens is 307 g/mol. The summed E-state index contributed by atoms with van der Waals surface area (Å²) in [5, 5.41) is 0.516. The minimum atomic E-state index is -0.361. The van der Waals surface area contributed by atoms with Crippen molar-refractivity contribution in [2.24, 2.45) is 0 Å². The molecule has 1 N–H and O–H groups in total. The van der Waals surface area contributed by atoms with Gasteiger partial charge in [0.1, 0.15) is 11.6 Å². The minimum absolute atomic E-state index is 0.233. The third-order valence-electron chi connectivity index (χ3n) is 3.84. The normalized spacial score (nSPS) is 11.1. The highest BCUT2D eigenvalue weighted by molar-refractivity contribution is 5.79. The van der Waals surface area contributed by atoms with E-state index in [0.717, 1.165) is 12.8 Å². The molecule has 5 heteroatoms. The van der Waals surface area contributed by atoms with E-state index in [-0.39, 0.29) is 18.0 Å². The topological polar surface area (TPSA) is 55.0 Å². The number of benzene rings is 2. The van der Waals surface area contributed by atoms with Gasteiger partial charge < -0.3 is 9.72 Å². The van der Waals surface area contributed by atoms with Crippen molar-refractivity contribution in [1.82, 2.24) is 9.97 Å². The van der Waals surface area contributed by atoms with Crippen LogP contribution >= 0.6 is 0 Å². The molecule has 0 aliphatic rings. The van der Waals surface area contributed by atoms with Crippen LogP contribution in [0.25, 0.3) is 22.3 Å². The quantitative estimate of drug-likeness (QED) is 0.695. The van der Waals surface area contributed by atoms with Gasteiger partial charge in [-0.05, 0) is 24.6 Å². The van der Waals surface area contributed by atoms with Crippen molar-refractivity contribution in [2.75, 3.05) is 6.61 Å². The van der Waals surface area contributed by atoms with Crippen molar-refractivity contribution in [3.63, 3.8) is 0 Å². The minimum Gasteiger partial charge on any atom is -0.377 e. The van der Waals surface area contributed by atoms with Gasteiger partial charge in [0.05, 0.1) is 17.5 Å². The first-order valence-electron chi connectivity index (χ1n) is 8.04. The van der Waals surface area contributed by atoms with Crippen LogP contribution < -0.4 is 5.56 Å². The number of hydrogen-bond donors (Lipinski definition) is 1. The third kappa shape index (κ3) is 3.51. The number of rotatable bonds is 6. The van der Waals surface area contributed by atoms with Crippen LogP contribution in [-0.2, 0) is 11.3 Å². The SMILES string of the molecule is CCCCOCc1ccc(-c2nc3ccccc3c(=O)[nH]2)cc1F. The van der Waals surface area contributed by atoms with E-state index in [1.807, 2.05) is 6.07 Å². The first-order valence-corrected chi connectivity index (χ1v) is 8.04. The van der Waals surface area contributed by atoms with Crippen molar-refractivity contribution in [2.45, 2.75) is 26.4 Å². The second-order valence-corrected chi connectivity index (χ2v) is 5.64. The van der Waals surface area contributed by atoms with Gasteiger partial charge in [0.2, 0.25) is 0 Å². The number of aromatic amines is 1. The summed E-state index contributed by atoms with van der Waals surface area (Å²) in [4.78, 5) is 19.2. The zero-order valence-corrected chi connectivity index (χ0v) is 13.5. The molecule has 0 radical (unpaired) electrons. The van der Waals surface area contributed by atoms with Gasteiger partial charge in [0.25, 0.3) is 5.56 Å². The maximum absolute atomic E-state index is 14.3. The van der Waals surface area contributed by atoms with Gasteiger partial charge in [0, 0.05) is 17.7 Å². The Bertz CT molecular complexity index is 905. The smallest absolute Gasteiger partial charge is 0.259 e. The van der Waals surface area contributed by atoms with Crippen molar-refractivity contribution >= 4 is 10.9 Å². The molecule has 2 aromatic carbocycles. The van der Waals surface area contributed by atoms with Crippen LogP contribution in [0.3, 0.4) is 0 Å². The van der Waals surface area contributed by atoms with E-state index < -0.39 is 0 Å². The lowest BCUT2D eigenvalue weighted by Gasteiger charge is -2.08. The molecule has 124 valence electrons. The van der Waals surface area contributed by atoms with Gasteiger partial charge in [-0.15, -0.1) is 0 Å². The van der Waals surface area contributed by atoms with Gasteiger partial charge in [-0.2, -0.15) is 0 Å². The predicted molar refractivity (Wildman–Crippen MR) is 92.3 cm³/mol. The second-order valence-electron chi connectivity index (χ2n) is 5.64. The van der Waals surface area contributed by atoms with E-state index in [1.165, 1.54) is 6.07 Å². The molecule has 1 heterocycles. The standard InChI is InChI=1S/C19H19FN2O2/c1-2-3-10-24-12-14-9-8-13(11-16(14)20)18-21-17-7-5-4-6-15(17)19(23)22-18/h4-9,11H,2-3,10,12H2,1H3,(H,21,22,23). The molecule has 0 saturated heterocycles. The number of unbranched alkanes of at least 4 members (excludes halogenated alkanes) is 1.